The standard InChI is InChI=1S/C65H42N4/c1-3-11-43(12-4-1)19-37-53-39-29-47-21-23-49-31-41-59(68-63(49)61(47)66-53)45-25-33-51(34-26-45)65(57-17-9-7-15-55(57)56-16-8-10-18-58(56)65)52-35-27-46(28-36-52)60-42-32-50-24-22-48-30-40-54(67-62(48)64(50)69-60)38-20-44-13-5-2-6-14-44/h1-42H. The Labute approximate surface area is 400 Å². The van der Waals surface area contributed by atoms with Gasteiger partial charge in [-0.05, 0) is 80.9 Å². The summed E-state index contributed by atoms with van der Waals surface area (Å²) in [7, 11) is 0. The van der Waals surface area contributed by atoms with Gasteiger partial charge >= 0.3 is 0 Å². The van der Waals surface area contributed by atoms with E-state index in [1.54, 1.807) is 0 Å². The second-order valence-corrected chi connectivity index (χ2v) is 17.8. The Morgan fingerprint density at radius 2 is 0.623 bits per heavy atom. The fourth-order valence-corrected chi connectivity index (χ4v) is 10.4. The maximum atomic E-state index is 5.31. The van der Waals surface area contributed by atoms with E-state index in [0.29, 0.717) is 0 Å². The average Bonchev–Trinajstić information content (AvgIpc) is 3.73. The molecule has 13 rings (SSSR count). The van der Waals surface area contributed by atoms with E-state index in [1.165, 1.54) is 33.4 Å². The molecule has 4 aromatic heterocycles. The minimum absolute atomic E-state index is 0.564. The maximum absolute atomic E-state index is 5.31. The molecule has 0 atom stereocenters. The normalized spacial score (nSPS) is 12.9. The third-order valence-corrected chi connectivity index (χ3v) is 13.8. The Bertz CT molecular complexity index is 3720. The lowest BCUT2D eigenvalue weighted by Gasteiger charge is -2.34. The van der Waals surface area contributed by atoms with E-state index in [4.69, 9.17) is 19.9 Å². The van der Waals surface area contributed by atoms with Gasteiger partial charge in [-0.15, -0.1) is 0 Å². The summed E-state index contributed by atoms with van der Waals surface area (Å²) in [4.78, 5) is 20.8. The van der Waals surface area contributed by atoms with E-state index in [0.717, 1.165) is 88.6 Å². The molecule has 1 aliphatic rings. The second kappa shape index (κ2) is 16.6. The molecule has 4 heteroatoms. The first-order chi connectivity index (χ1) is 34.2. The van der Waals surface area contributed by atoms with Gasteiger partial charge in [0.2, 0.25) is 0 Å². The lowest BCUT2D eigenvalue weighted by Crippen LogP contribution is -2.28. The summed E-state index contributed by atoms with van der Waals surface area (Å²) in [5.41, 5.74) is 18.4. The number of hydrogen-bond acceptors (Lipinski definition) is 4. The Hall–Kier alpha value is -9.12. The zero-order chi connectivity index (χ0) is 45.7. The molecular weight excluding hydrogens is 837 g/mol. The van der Waals surface area contributed by atoms with Crippen LogP contribution >= 0.6 is 0 Å². The van der Waals surface area contributed by atoms with Gasteiger partial charge in [-0.1, -0.05) is 218 Å². The average molecular weight is 879 g/mol. The number of rotatable bonds is 8. The van der Waals surface area contributed by atoms with E-state index in [-0.39, 0.29) is 0 Å². The van der Waals surface area contributed by atoms with Crippen molar-refractivity contribution in [2.45, 2.75) is 5.41 Å². The largest absolute Gasteiger partial charge is 0.246 e. The number of benzene rings is 8. The molecule has 8 aromatic carbocycles. The van der Waals surface area contributed by atoms with Crippen molar-refractivity contribution >= 4 is 67.9 Å². The zero-order valence-corrected chi connectivity index (χ0v) is 37.5. The highest BCUT2D eigenvalue weighted by molar-refractivity contribution is 6.05. The smallest absolute Gasteiger partial charge is 0.0972 e. The predicted octanol–water partition coefficient (Wildman–Crippen LogP) is 15.9. The van der Waals surface area contributed by atoms with Gasteiger partial charge in [0.15, 0.2) is 0 Å². The molecule has 0 spiro atoms. The lowest BCUT2D eigenvalue weighted by atomic mass is 9.67. The molecule has 0 bridgehead atoms. The van der Waals surface area contributed by atoms with Crippen LogP contribution < -0.4 is 0 Å². The molecule has 0 radical (unpaired) electrons. The van der Waals surface area contributed by atoms with Crippen LogP contribution in [-0.4, -0.2) is 19.9 Å². The Morgan fingerprint density at radius 3 is 1.04 bits per heavy atom. The van der Waals surface area contributed by atoms with Gasteiger partial charge in [-0.2, -0.15) is 0 Å². The van der Waals surface area contributed by atoms with E-state index in [2.05, 4.69) is 218 Å². The molecule has 69 heavy (non-hydrogen) atoms. The number of pyridine rings is 4. The van der Waals surface area contributed by atoms with Crippen LogP contribution in [0, 0.1) is 0 Å². The van der Waals surface area contributed by atoms with Crippen molar-refractivity contribution in [1.29, 1.82) is 0 Å². The summed E-state index contributed by atoms with van der Waals surface area (Å²) >= 11 is 0. The first-order valence-corrected chi connectivity index (χ1v) is 23.4. The molecule has 4 nitrogen and oxygen atoms in total. The molecular formula is C65H42N4. The topological polar surface area (TPSA) is 51.6 Å². The van der Waals surface area contributed by atoms with Gasteiger partial charge in [-0.3, -0.25) is 0 Å². The Balaban J connectivity index is 0.886. The molecule has 4 heterocycles. The van der Waals surface area contributed by atoms with Crippen LogP contribution in [0.4, 0.5) is 0 Å². The highest BCUT2D eigenvalue weighted by Gasteiger charge is 2.45. The lowest BCUT2D eigenvalue weighted by molar-refractivity contribution is 0.768. The third kappa shape index (κ3) is 7.01. The summed E-state index contributed by atoms with van der Waals surface area (Å²) in [5.74, 6) is 0. The maximum Gasteiger partial charge on any atom is 0.0972 e. The minimum atomic E-state index is -0.564. The zero-order valence-electron chi connectivity index (χ0n) is 37.5. The van der Waals surface area contributed by atoms with Crippen LogP contribution in [0.15, 0.2) is 231 Å². The van der Waals surface area contributed by atoms with Gasteiger partial charge in [0.25, 0.3) is 0 Å². The highest BCUT2D eigenvalue weighted by atomic mass is 14.8. The Kier molecular flexibility index (Phi) is 9.69. The summed E-state index contributed by atoms with van der Waals surface area (Å²) in [6.45, 7) is 0. The fourth-order valence-electron chi connectivity index (χ4n) is 10.4. The predicted molar refractivity (Wildman–Crippen MR) is 287 cm³/mol. The third-order valence-electron chi connectivity index (χ3n) is 13.8. The van der Waals surface area contributed by atoms with Crippen molar-refractivity contribution in [2.75, 3.05) is 0 Å². The van der Waals surface area contributed by atoms with Gasteiger partial charge in [0.05, 0.1) is 50.3 Å². The molecule has 322 valence electrons. The van der Waals surface area contributed by atoms with Crippen molar-refractivity contribution in [1.82, 2.24) is 19.9 Å². The van der Waals surface area contributed by atoms with Crippen LogP contribution in [0.2, 0.25) is 0 Å². The molecule has 0 saturated carbocycles. The van der Waals surface area contributed by atoms with E-state index in [9.17, 15) is 0 Å². The molecule has 1 aliphatic carbocycles. The van der Waals surface area contributed by atoms with Crippen molar-refractivity contribution in [2.24, 2.45) is 0 Å². The molecule has 0 saturated heterocycles. The number of fused-ring (bicyclic) bond motifs is 9. The van der Waals surface area contributed by atoms with Crippen LogP contribution in [0.25, 0.3) is 102 Å². The molecule has 0 aliphatic heterocycles. The van der Waals surface area contributed by atoms with Gasteiger partial charge < -0.3 is 0 Å². The van der Waals surface area contributed by atoms with E-state index in [1.807, 2.05) is 36.4 Å². The van der Waals surface area contributed by atoms with Crippen LogP contribution in [0.5, 0.6) is 0 Å². The van der Waals surface area contributed by atoms with Gasteiger partial charge in [0.1, 0.15) is 0 Å². The second-order valence-electron chi connectivity index (χ2n) is 17.8. The van der Waals surface area contributed by atoms with Crippen molar-refractivity contribution < 1.29 is 0 Å². The summed E-state index contributed by atoms with van der Waals surface area (Å²) in [6, 6.07) is 82.1. The van der Waals surface area contributed by atoms with Crippen LogP contribution in [0.1, 0.15) is 44.8 Å². The molecule has 0 fully saturated rings. The molecule has 0 N–H and O–H groups in total. The SMILES string of the molecule is C(=Cc1ccc2ccc3ccc(-c4ccc(C5(c6ccc(-c7ccc8ccc9ccc(C=Cc%10ccccc%10)nc9c8n7)cc6)c6ccccc6-c6ccccc65)cc4)nc3c2n1)c1ccccc1. The number of nitrogens with zero attached hydrogens (tertiary/aromatic N) is 4. The monoisotopic (exact) mass is 878 g/mol. The molecule has 0 unspecified atom stereocenters. The minimum Gasteiger partial charge on any atom is -0.246 e. The van der Waals surface area contributed by atoms with Crippen molar-refractivity contribution in [3.05, 3.63) is 275 Å². The summed E-state index contributed by atoms with van der Waals surface area (Å²) < 4.78 is 0. The summed E-state index contributed by atoms with van der Waals surface area (Å²) in [6.07, 6.45) is 8.34. The van der Waals surface area contributed by atoms with E-state index < -0.39 is 5.41 Å². The fraction of sp³-hybridized carbons (Fsp3) is 0.0154. The summed E-state index contributed by atoms with van der Waals surface area (Å²) in [5, 5.41) is 4.25. The Morgan fingerprint density at radius 1 is 0.275 bits per heavy atom. The van der Waals surface area contributed by atoms with Gasteiger partial charge in [-0.25, -0.2) is 19.9 Å². The molecule has 12 aromatic rings. The molecule has 0 amide bonds. The quantitative estimate of drug-likeness (QED) is 0.143. The van der Waals surface area contributed by atoms with Crippen molar-refractivity contribution in [3.8, 4) is 33.6 Å². The van der Waals surface area contributed by atoms with Crippen LogP contribution in [0.3, 0.4) is 0 Å². The van der Waals surface area contributed by atoms with Crippen LogP contribution in [-0.2, 0) is 5.41 Å². The number of aromatic nitrogens is 4. The first kappa shape index (κ1) is 40.2. The first-order valence-electron chi connectivity index (χ1n) is 23.4. The number of hydrogen-bond donors (Lipinski definition) is 0. The van der Waals surface area contributed by atoms with Crippen molar-refractivity contribution in [3.63, 3.8) is 0 Å². The highest BCUT2D eigenvalue weighted by Crippen LogP contribution is 2.56. The van der Waals surface area contributed by atoms with E-state index >= 15 is 0 Å². The van der Waals surface area contributed by atoms with Gasteiger partial charge in [0, 0.05) is 32.7 Å².